The Morgan fingerprint density at radius 2 is 1.66 bits per heavy atom. The zero-order chi connectivity index (χ0) is 20.8. The summed E-state index contributed by atoms with van der Waals surface area (Å²) < 4.78 is 11.2. The number of amides is 1. The van der Waals surface area contributed by atoms with E-state index in [2.05, 4.69) is 5.32 Å². The van der Waals surface area contributed by atoms with Gasteiger partial charge in [-0.2, -0.15) is 0 Å². The van der Waals surface area contributed by atoms with Crippen LogP contribution in [0.3, 0.4) is 0 Å². The Balaban J connectivity index is 1.79. The smallest absolute Gasteiger partial charge is 0.248 e. The van der Waals surface area contributed by atoms with E-state index in [9.17, 15) is 4.79 Å². The minimum Gasteiger partial charge on any atom is -0.497 e. The molecule has 1 N–H and O–H groups in total. The van der Waals surface area contributed by atoms with E-state index < -0.39 is 0 Å². The zero-order valence-electron chi connectivity index (χ0n) is 16.5. The summed E-state index contributed by atoms with van der Waals surface area (Å²) in [4.78, 5) is 12.5. The number of benzene rings is 3. The lowest BCUT2D eigenvalue weighted by molar-refractivity contribution is -0.111. The number of halogens is 1. The van der Waals surface area contributed by atoms with E-state index in [0.29, 0.717) is 22.2 Å². The summed E-state index contributed by atoms with van der Waals surface area (Å²) >= 11 is 6.11. The Labute approximate surface area is 175 Å². The SMILES string of the molecule is COc1cc(C)c(/C=C/C(=O)Nc2cc(Cl)ccc2Oc2ccccc2)c(C)c1. The Morgan fingerprint density at radius 3 is 2.31 bits per heavy atom. The number of anilines is 1. The van der Waals surface area contributed by atoms with Crippen LogP contribution in [-0.2, 0) is 4.79 Å². The maximum absolute atomic E-state index is 12.5. The predicted octanol–water partition coefficient (Wildman–Crippen LogP) is 6.41. The average molecular weight is 408 g/mol. The summed E-state index contributed by atoms with van der Waals surface area (Å²) in [6.07, 6.45) is 3.29. The molecular weight excluding hydrogens is 386 g/mol. The molecule has 0 aliphatic rings. The van der Waals surface area contributed by atoms with Crippen LogP contribution in [0.1, 0.15) is 16.7 Å². The molecule has 3 aromatic rings. The maximum atomic E-state index is 12.5. The summed E-state index contributed by atoms with van der Waals surface area (Å²) in [5.74, 6) is 1.70. The number of carbonyl (C=O) groups excluding carboxylic acids is 1. The Hall–Kier alpha value is -3.24. The highest BCUT2D eigenvalue weighted by molar-refractivity contribution is 6.31. The number of methoxy groups -OCH3 is 1. The third kappa shape index (κ3) is 5.39. The first kappa shape index (κ1) is 20.5. The van der Waals surface area contributed by atoms with E-state index in [4.69, 9.17) is 21.1 Å². The van der Waals surface area contributed by atoms with Crippen LogP contribution in [0.2, 0.25) is 5.02 Å². The van der Waals surface area contributed by atoms with Crippen LogP contribution >= 0.6 is 11.6 Å². The fourth-order valence-corrected chi connectivity index (χ4v) is 3.13. The van der Waals surface area contributed by atoms with E-state index in [1.807, 2.05) is 56.3 Å². The van der Waals surface area contributed by atoms with Gasteiger partial charge in [-0.3, -0.25) is 4.79 Å². The van der Waals surface area contributed by atoms with Crippen molar-refractivity contribution in [1.82, 2.24) is 0 Å². The van der Waals surface area contributed by atoms with Crippen LogP contribution < -0.4 is 14.8 Å². The molecule has 3 rings (SSSR count). The number of hydrogen-bond donors (Lipinski definition) is 1. The second kappa shape index (κ2) is 9.30. The minimum absolute atomic E-state index is 0.278. The molecule has 0 bridgehead atoms. The quantitative estimate of drug-likeness (QED) is 0.480. The highest BCUT2D eigenvalue weighted by Gasteiger charge is 2.09. The summed E-state index contributed by atoms with van der Waals surface area (Å²) in [6.45, 7) is 3.96. The van der Waals surface area contributed by atoms with Gasteiger partial charge in [0.05, 0.1) is 12.8 Å². The maximum Gasteiger partial charge on any atom is 0.248 e. The van der Waals surface area contributed by atoms with Crippen molar-refractivity contribution in [3.63, 3.8) is 0 Å². The van der Waals surface area contributed by atoms with Crippen molar-refractivity contribution < 1.29 is 14.3 Å². The van der Waals surface area contributed by atoms with Gasteiger partial charge in [0.1, 0.15) is 11.5 Å². The second-order valence-corrected chi connectivity index (χ2v) is 6.99. The number of nitrogens with one attached hydrogen (secondary N) is 1. The zero-order valence-corrected chi connectivity index (χ0v) is 17.3. The third-order valence-corrected chi connectivity index (χ3v) is 4.61. The largest absolute Gasteiger partial charge is 0.497 e. The molecule has 0 saturated carbocycles. The summed E-state index contributed by atoms with van der Waals surface area (Å²) in [5.41, 5.74) is 3.54. The molecule has 0 radical (unpaired) electrons. The molecule has 4 nitrogen and oxygen atoms in total. The number of ether oxygens (including phenoxy) is 2. The van der Waals surface area contributed by atoms with Crippen molar-refractivity contribution in [2.75, 3.05) is 12.4 Å². The highest BCUT2D eigenvalue weighted by Crippen LogP contribution is 2.32. The monoisotopic (exact) mass is 407 g/mol. The van der Waals surface area contributed by atoms with Crippen molar-refractivity contribution in [3.05, 3.63) is 88.5 Å². The van der Waals surface area contributed by atoms with Crippen LogP contribution in [-0.4, -0.2) is 13.0 Å². The van der Waals surface area contributed by atoms with E-state index in [0.717, 1.165) is 22.4 Å². The van der Waals surface area contributed by atoms with E-state index in [1.165, 1.54) is 6.08 Å². The molecule has 0 aliphatic heterocycles. The molecule has 0 atom stereocenters. The van der Waals surface area contributed by atoms with E-state index in [1.54, 1.807) is 31.4 Å². The molecule has 3 aromatic carbocycles. The van der Waals surface area contributed by atoms with Crippen molar-refractivity contribution in [3.8, 4) is 17.2 Å². The van der Waals surface area contributed by atoms with Crippen molar-refractivity contribution in [1.29, 1.82) is 0 Å². The predicted molar refractivity (Wildman–Crippen MR) is 118 cm³/mol. The minimum atomic E-state index is -0.278. The van der Waals surface area contributed by atoms with Gasteiger partial charge in [-0.15, -0.1) is 0 Å². The van der Waals surface area contributed by atoms with Crippen LogP contribution in [0.25, 0.3) is 6.08 Å². The molecule has 29 heavy (non-hydrogen) atoms. The third-order valence-electron chi connectivity index (χ3n) is 4.37. The first-order valence-corrected chi connectivity index (χ1v) is 9.51. The van der Waals surface area contributed by atoms with Crippen molar-refractivity contribution in [2.45, 2.75) is 13.8 Å². The van der Waals surface area contributed by atoms with E-state index in [-0.39, 0.29) is 5.91 Å². The lowest BCUT2D eigenvalue weighted by Crippen LogP contribution is -2.09. The number of hydrogen-bond acceptors (Lipinski definition) is 3. The topological polar surface area (TPSA) is 47.6 Å². The van der Waals surface area contributed by atoms with Gasteiger partial charge in [0.15, 0.2) is 5.75 Å². The van der Waals surface area contributed by atoms with Crippen LogP contribution in [0.5, 0.6) is 17.2 Å². The van der Waals surface area contributed by atoms with Gasteiger partial charge in [0.25, 0.3) is 0 Å². The number of aryl methyl sites for hydroxylation is 2. The molecule has 0 saturated heterocycles. The molecular formula is C24H22ClNO3. The Morgan fingerprint density at radius 1 is 0.966 bits per heavy atom. The van der Waals surface area contributed by atoms with Gasteiger partial charge >= 0.3 is 0 Å². The van der Waals surface area contributed by atoms with Gasteiger partial charge in [-0.05, 0) is 79.1 Å². The highest BCUT2D eigenvalue weighted by atomic mass is 35.5. The molecule has 5 heteroatoms. The average Bonchev–Trinajstić information content (AvgIpc) is 2.70. The fourth-order valence-electron chi connectivity index (χ4n) is 2.95. The molecule has 0 aliphatic carbocycles. The normalized spacial score (nSPS) is 10.8. The number of rotatable bonds is 6. The lowest BCUT2D eigenvalue weighted by atomic mass is 10.0. The Kier molecular flexibility index (Phi) is 6.57. The standard InChI is InChI=1S/C24H22ClNO3/c1-16-13-20(28-3)14-17(2)21(16)10-12-24(27)26-22-15-18(25)9-11-23(22)29-19-7-5-4-6-8-19/h4-15H,1-3H3,(H,26,27)/b12-10+. The molecule has 0 unspecified atom stereocenters. The fraction of sp³-hybridized carbons (Fsp3) is 0.125. The summed E-state index contributed by atoms with van der Waals surface area (Å²) in [7, 11) is 1.64. The second-order valence-electron chi connectivity index (χ2n) is 6.55. The van der Waals surface area contributed by atoms with Crippen LogP contribution in [0, 0.1) is 13.8 Å². The van der Waals surface area contributed by atoms with Crippen LogP contribution in [0.15, 0.2) is 66.7 Å². The molecule has 1 amide bonds. The van der Waals surface area contributed by atoms with Gasteiger partial charge < -0.3 is 14.8 Å². The Bertz CT molecular complexity index is 1020. The molecule has 148 valence electrons. The van der Waals surface area contributed by atoms with Gasteiger partial charge in [-0.25, -0.2) is 0 Å². The van der Waals surface area contributed by atoms with E-state index >= 15 is 0 Å². The number of para-hydroxylation sites is 1. The molecule has 0 heterocycles. The molecule has 0 fully saturated rings. The van der Waals surface area contributed by atoms with Crippen molar-refractivity contribution >= 4 is 29.3 Å². The van der Waals surface area contributed by atoms with Crippen molar-refractivity contribution in [2.24, 2.45) is 0 Å². The number of carbonyl (C=O) groups is 1. The van der Waals surface area contributed by atoms with Gasteiger partial charge in [-0.1, -0.05) is 29.8 Å². The molecule has 0 aromatic heterocycles. The van der Waals surface area contributed by atoms with Gasteiger partial charge in [0, 0.05) is 11.1 Å². The van der Waals surface area contributed by atoms with Gasteiger partial charge in [0.2, 0.25) is 5.91 Å². The lowest BCUT2D eigenvalue weighted by Gasteiger charge is -2.12. The first-order chi connectivity index (χ1) is 14.0. The summed E-state index contributed by atoms with van der Waals surface area (Å²) in [6, 6.07) is 18.3. The first-order valence-electron chi connectivity index (χ1n) is 9.13. The van der Waals surface area contributed by atoms with Crippen LogP contribution in [0.4, 0.5) is 5.69 Å². The summed E-state index contributed by atoms with van der Waals surface area (Å²) in [5, 5.41) is 3.35. The molecule has 0 spiro atoms.